The lowest BCUT2D eigenvalue weighted by molar-refractivity contribution is -0.119. The number of nitrogens with zero attached hydrogens (tertiary/aromatic N) is 1. The summed E-state index contributed by atoms with van der Waals surface area (Å²) in [6, 6.07) is 9.45. The van der Waals surface area contributed by atoms with Gasteiger partial charge in [-0.25, -0.2) is 5.43 Å². The number of hydrogen-bond acceptors (Lipinski definition) is 4. The number of halogens is 1. The van der Waals surface area contributed by atoms with Gasteiger partial charge in [0.2, 0.25) is 0 Å². The molecule has 1 aromatic heterocycles. The van der Waals surface area contributed by atoms with Gasteiger partial charge in [0.1, 0.15) is 0 Å². The summed E-state index contributed by atoms with van der Waals surface area (Å²) >= 11 is 7.61. The minimum absolute atomic E-state index is 0.141. The normalized spacial score (nSPS) is 11.3. The van der Waals surface area contributed by atoms with Crippen LogP contribution in [-0.4, -0.2) is 18.2 Å². The molecule has 0 bridgehead atoms. The van der Waals surface area contributed by atoms with E-state index >= 15 is 0 Å². The molecule has 1 amide bonds. The molecule has 21 heavy (non-hydrogen) atoms. The molecule has 6 heteroatoms. The van der Waals surface area contributed by atoms with Gasteiger partial charge in [-0.15, -0.1) is 11.3 Å². The molecule has 110 valence electrons. The van der Waals surface area contributed by atoms with Crippen molar-refractivity contribution < 1.29 is 4.79 Å². The highest BCUT2D eigenvalue weighted by Crippen LogP contribution is 2.22. The summed E-state index contributed by atoms with van der Waals surface area (Å²) in [4.78, 5) is 12.8. The van der Waals surface area contributed by atoms with E-state index in [2.05, 4.69) is 15.8 Å². The standard InChI is InChI=1S/C15H16ClN3OS/c1-10-12(16)5-3-6-13(10)17-9-15(20)19-18-11(2)14-7-4-8-21-14/h3-8,17H,9H2,1-2H3,(H,19,20)/b18-11-. The Hall–Kier alpha value is -1.85. The van der Waals surface area contributed by atoms with Crippen molar-refractivity contribution in [1.82, 2.24) is 5.43 Å². The molecule has 0 atom stereocenters. The maximum Gasteiger partial charge on any atom is 0.259 e. The fourth-order valence-corrected chi connectivity index (χ4v) is 2.55. The number of anilines is 1. The van der Waals surface area contributed by atoms with Crippen LogP contribution in [0.2, 0.25) is 5.02 Å². The average Bonchev–Trinajstić information content (AvgIpc) is 3.00. The summed E-state index contributed by atoms with van der Waals surface area (Å²) < 4.78 is 0. The number of hydrazone groups is 1. The summed E-state index contributed by atoms with van der Waals surface area (Å²) in [5.41, 5.74) is 5.09. The van der Waals surface area contributed by atoms with Crippen LogP contribution in [0, 0.1) is 6.92 Å². The molecule has 2 N–H and O–H groups in total. The molecule has 0 spiro atoms. The van der Waals surface area contributed by atoms with Crippen LogP contribution in [0.5, 0.6) is 0 Å². The molecule has 2 aromatic rings. The smallest absolute Gasteiger partial charge is 0.259 e. The number of amides is 1. The second-order valence-corrected chi connectivity index (χ2v) is 5.83. The molecule has 0 aliphatic rings. The Labute approximate surface area is 132 Å². The molecule has 0 radical (unpaired) electrons. The van der Waals surface area contributed by atoms with Crippen LogP contribution in [0.1, 0.15) is 17.4 Å². The third kappa shape index (κ3) is 4.31. The first-order valence-electron chi connectivity index (χ1n) is 6.44. The van der Waals surface area contributed by atoms with Crippen molar-refractivity contribution in [2.45, 2.75) is 13.8 Å². The molecule has 1 aromatic carbocycles. The van der Waals surface area contributed by atoms with Crippen LogP contribution in [0.4, 0.5) is 5.69 Å². The number of thiophene rings is 1. The predicted octanol–water partition coefficient (Wildman–Crippen LogP) is 3.66. The van der Waals surface area contributed by atoms with Crippen LogP contribution in [-0.2, 0) is 4.79 Å². The summed E-state index contributed by atoms with van der Waals surface area (Å²) in [7, 11) is 0. The van der Waals surface area contributed by atoms with Gasteiger partial charge in [-0.05, 0) is 43.0 Å². The SMILES string of the molecule is C/C(=N/NC(=O)CNc1cccc(Cl)c1C)c1cccs1. The van der Waals surface area contributed by atoms with Gasteiger partial charge < -0.3 is 5.32 Å². The maximum absolute atomic E-state index is 11.8. The Morgan fingerprint density at radius 1 is 1.33 bits per heavy atom. The highest BCUT2D eigenvalue weighted by molar-refractivity contribution is 7.12. The number of benzene rings is 1. The van der Waals surface area contributed by atoms with E-state index < -0.39 is 0 Å². The zero-order valence-electron chi connectivity index (χ0n) is 11.8. The fourth-order valence-electron chi connectivity index (χ4n) is 1.70. The van der Waals surface area contributed by atoms with Crippen molar-refractivity contribution in [3.8, 4) is 0 Å². The molecule has 0 saturated heterocycles. The second-order valence-electron chi connectivity index (χ2n) is 4.48. The molecule has 0 fully saturated rings. The first-order chi connectivity index (χ1) is 10.1. The summed E-state index contributed by atoms with van der Waals surface area (Å²) in [5, 5.41) is 9.77. The van der Waals surface area contributed by atoms with Crippen LogP contribution in [0.15, 0.2) is 40.8 Å². The lowest BCUT2D eigenvalue weighted by atomic mass is 10.2. The van der Waals surface area contributed by atoms with Crippen molar-refractivity contribution in [2.75, 3.05) is 11.9 Å². The van der Waals surface area contributed by atoms with E-state index in [1.54, 1.807) is 11.3 Å². The van der Waals surface area contributed by atoms with Gasteiger partial charge in [-0.1, -0.05) is 23.7 Å². The van der Waals surface area contributed by atoms with Crippen molar-refractivity contribution in [3.63, 3.8) is 0 Å². The molecule has 1 heterocycles. The molecule has 4 nitrogen and oxygen atoms in total. The quantitative estimate of drug-likeness (QED) is 0.652. The Balaban J connectivity index is 1.88. The molecule has 2 rings (SSSR count). The summed E-state index contributed by atoms with van der Waals surface area (Å²) in [6.45, 7) is 3.91. The van der Waals surface area contributed by atoms with E-state index in [4.69, 9.17) is 11.6 Å². The Kier molecular flexibility index (Phi) is 5.36. The summed E-state index contributed by atoms with van der Waals surface area (Å²) in [6.07, 6.45) is 0. The van der Waals surface area contributed by atoms with Crippen molar-refractivity contribution >= 4 is 40.2 Å². The van der Waals surface area contributed by atoms with Gasteiger partial charge in [0.15, 0.2) is 0 Å². The Bertz CT molecular complexity index is 653. The van der Waals surface area contributed by atoms with Gasteiger partial charge in [0, 0.05) is 15.6 Å². The molecule has 0 unspecified atom stereocenters. The predicted molar refractivity (Wildman–Crippen MR) is 89.4 cm³/mol. The Morgan fingerprint density at radius 3 is 2.86 bits per heavy atom. The molecular formula is C15H16ClN3OS. The summed E-state index contributed by atoms with van der Waals surface area (Å²) in [5.74, 6) is -0.203. The first kappa shape index (κ1) is 15.5. The second kappa shape index (κ2) is 7.24. The highest BCUT2D eigenvalue weighted by Gasteiger charge is 2.05. The fraction of sp³-hybridized carbons (Fsp3) is 0.200. The number of rotatable bonds is 5. The number of carbonyl (C=O) groups excluding carboxylic acids is 1. The topological polar surface area (TPSA) is 53.5 Å². The van der Waals surface area contributed by atoms with Gasteiger partial charge >= 0.3 is 0 Å². The van der Waals surface area contributed by atoms with Crippen molar-refractivity contribution in [3.05, 3.63) is 51.2 Å². The van der Waals surface area contributed by atoms with Gasteiger partial charge in [0.05, 0.1) is 12.3 Å². The largest absolute Gasteiger partial charge is 0.376 e. The van der Waals surface area contributed by atoms with Crippen LogP contribution in [0.25, 0.3) is 0 Å². The molecule has 0 saturated carbocycles. The van der Waals surface area contributed by atoms with E-state index in [0.29, 0.717) is 5.02 Å². The van der Waals surface area contributed by atoms with Crippen molar-refractivity contribution in [1.29, 1.82) is 0 Å². The van der Waals surface area contributed by atoms with Gasteiger partial charge in [0.25, 0.3) is 5.91 Å². The molecule has 0 aliphatic carbocycles. The number of hydrogen-bond donors (Lipinski definition) is 2. The van der Waals surface area contributed by atoms with E-state index in [1.165, 1.54) is 0 Å². The monoisotopic (exact) mass is 321 g/mol. The van der Waals surface area contributed by atoms with E-state index in [1.807, 2.05) is 49.6 Å². The van der Waals surface area contributed by atoms with Crippen LogP contribution in [0.3, 0.4) is 0 Å². The minimum atomic E-state index is -0.203. The molecular weight excluding hydrogens is 306 g/mol. The van der Waals surface area contributed by atoms with Gasteiger partial charge in [-0.3, -0.25) is 4.79 Å². The average molecular weight is 322 g/mol. The van der Waals surface area contributed by atoms with E-state index in [9.17, 15) is 4.79 Å². The minimum Gasteiger partial charge on any atom is -0.376 e. The van der Waals surface area contributed by atoms with Gasteiger partial charge in [-0.2, -0.15) is 5.10 Å². The third-order valence-corrected chi connectivity index (χ3v) is 4.32. The lowest BCUT2D eigenvalue weighted by Gasteiger charge is -2.09. The first-order valence-corrected chi connectivity index (χ1v) is 7.69. The van der Waals surface area contributed by atoms with E-state index in [-0.39, 0.29) is 12.5 Å². The highest BCUT2D eigenvalue weighted by atomic mass is 35.5. The number of carbonyl (C=O) groups is 1. The third-order valence-electron chi connectivity index (χ3n) is 2.93. The Morgan fingerprint density at radius 2 is 2.14 bits per heavy atom. The maximum atomic E-state index is 11.8. The number of nitrogens with one attached hydrogen (secondary N) is 2. The van der Waals surface area contributed by atoms with Crippen LogP contribution >= 0.6 is 22.9 Å². The van der Waals surface area contributed by atoms with Crippen molar-refractivity contribution in [2.24, 2.45) is 5.10 Å². The van der Waals surface area contributed by atoms with E-state index in [0.717, 1.165) is 21.8 Å². The zero-order valence-corrected chi connectivity index (χ0v) is 13.4. The molecule has 0 aliphatic heterocycles. The van der Waals surface area contributed by atoms with Crippen LogP contribution < -0.4 is 10.7 Å². The zero-order chi connectivity index (χ0) is 15.2. The lowest BCUT2D eigenvalue weighted by Crippen LogP contribution is -2.26.